The van der Waals surface area contributed by atoms with Gasteiger partial charge in [-0.2, -0.15) is 13.2 Å². The molecule has 0 amide bonds. The van der Waals surface area contributed by atoms with Gasteiger partial charge in [-0.25, -0.2) is 4.39 Å². The fourth-order valence-corrected chi connectivity index (χ4v) is 1.86. The number of nitrogen functional groups attached to an aromatic ring is 1. The van der Waals surface area contributed by atoms with E-state index in [1.807, 2.05) is 0 Å². The molecule has 2 N–H and O–H groups in total. The number of hydrogen-bond acceptors (Lipinski definition) is 2. The van der Waals surface area contributed by atoms with E-state index in [1.165, 1.54) is 0 Å². The highest BCUT2D eigenvalue weighted by molar-refractivity contribution is 7.99. The second kappa shape index (κ2) is 5.84. The Hall–Kier alpha value is -0.330. The van der Waals surface area contributed by atoms with Crippen LogP contribution in [0.4, 0.5) is 23.2 Å². The molecule has 0 bridgehead atoms. The summed E-state index contributed by atoms with van der Waals surface area (Å²) in [5.74, 6) is -1.83. The Morgan fingerprint density at radius 2 is 1.88 bits per heavy atom. The zero-order valence-electron chi connectivity index (χ0n) is 7.65. The zero-order chi connectivity index (χ0) is 11.6. The van der Waals surface area contributed by atoms with Crippen LogP contribution >= 0.6 is 35.8 Å². The summed E-state index contributed by atoms with van der Waals surface area (Å²) in [4.78, 5) is 0.118. The molecule has 0 saturated heterocycles. The first-order valence-electron chi connectivity index (χ1n) is 3.73. The maximum absolute atomic E-state index is 12.8. The predicted molar refractivity (Wildman–Crippen MR) is 59.8 cm³/mol. The van der Waals surface area contributed by atoms with Crippen LogP contribution in [0, 0.1) is 5.82 Å². The Morgan fingerprint density at radius 1 is 1.31 bits per heavy atom. The third kappa shape index (κ3) is 4.67. The molecule has 92 valence electrons. The van der Waals surface area contributed by atoms with Crippen LogP contribution in [0.5, 0.6) is 0 Å². The standard InChI is InChI=1S/C8H6ClF4NS.ClH/c9-4-1-5(10)6(14)2-7(4)15-3-8(11,12)13;/h1-2H,3,14H2;1H. The van der Waals surface area contributed by atoms with Crippen LogP contribution in [-0.4, -0.2) is 11.9 Å². The number of nitrogens with two attached hydrogens (primary N) is 1. The Labute approximate surface area is 105 Å². The first kappa shape index (κ1) is 15.7. The van der Waals surface area contributed by atoms with Crippen LogP contribution < -0.4 is 5.73 Å². The second-order valence-corrected chi connectivity index (χ2v) is 4.13. The van der Waals surface area contributed by atoms with Gasteiger partial charge in [-0.3, -0.25) is 0 Å². The average Bonchev–Trinajstić information content (AvgIpc) is 2.07. The topological polar surface area (TPSA) is 26.0 Å². The molecule has 0 aliphatic carbocycles. The molecule has 0 aliphatic heterocycles. The van der Waals surface area contributed by atoms with Crippen molar-refractivity contribution < 1.29 is 17.6 Å². The van der Waals surface area contributed by atoms with E-state index in [9.17, 15) is 17.6 Å². The number of hydrogen-bond donors (Lipinski definition) is 1. The van der Waals surface area contributed by atoms with Crippen LogP contribution in [0.1, 0.15) is 0 Å². The highest BCUT2D eigenvalue weighted by atomic mass is 35.5. The lowest BCUT2D eigenvalue weighted by atomic mass is 10.3. The molecule has 8 heteroatoms. The van der Waals surface area contributed by atoms with Gasteiger partial charge in [-0.05, 0) is 12.1 Å². The SMILES string of the molecule is Cl.Nc1cc(SCC(F)(F)F)c(Cl)cc1F. The lowest BCUT2D eigenvalue weighted by molar-refractivity contribution is -0.105. The predicted octanol–water partition coefficient (Wildman–Crippen LogP) is 4.14. The lowest BCUT2D eigenvalue weighted by Gasteiger charge is -2.08. The van der Waals surface area contributed by atoms with Crippen molar-refractivity contribution >= 4 is 41.5 Å². The van der Waals surface area contributed by atoms with Gasteiger partial charge in [-0.15, -0.1) is 24.2 Å². The number of alkyl halides is 3. The molecule has 0 fully saturated rings. The highest BCUT2D eigenvalue weighted by Gasteiger charge is 2.27. The highest BCUT2D eigenvalue weighted by Crippen LogP contribution is 2.34. The summed E-state index contributed by atoms with van der Waals surface area (Å²) >= 11 is 6.02. The van der Waals surface area contributed by atoms with Gasteiger partial charge < -0.3 is 5.73 Å². The van der Waals surface area contributed by atoms with E-state index in [2.05, 4.69) is 0 Å². The van der Waals surface area contributed by atoms with Gasteiger partial charge >= 0.3 is 6.18 Å². The van der Waals surface area contributed by atoms with E-state index in [1.54, 1.807) is 0 Å². The molecular formula is C8H7Cl2F4NS. The maximum Gasteiger partial charge on any atom is 0.398 e. The third-order valence-electron chi connectivity index (χ3n) is 1.44. The molecule has 0 radical (unpaired) electrons. The minimum absolute atomic E-state index is 0. The number of halogens is 6. The van der Waals surface area contributed by atoms with E-state index in [0.29, 0.717) is 11.8 Å². The van der Waals surface area contributed by atoms with E-state index >= 15 is 0 Å². The average molecular weight is 296 g/mol. The van der Waals surface area contributed by atoms with Crippen LogP contribution in [0.15, 0.2) is 17.0 Å². The molecule has 0 atom stereocenters. The molecular weight excluding hydrogens is 289 g/mol. The Bertz CT molecular complexity index is 370. The van der Waals surface area contributed by atoms with Gasteiger partial charge in [0.25, 0.3) is 0 Å². The van der Waals surface area contributed by atoms with Crippen molar-refractivity contribution in [2.45, 2.75) is 11.1 Å². The van der Waals surface area contributed by atoms with Gasteiger partial charge in [0.15, 0.2) is 0 Å². The zero-order valence-corrected chi connectivity index (χ0v) is 10.0. The molecule has 1 rings (SSSR count). The van der Waals surface area contributed by atoms with Crippen LogP contribution in [-0.2, 0) is 0 Å². The molecule has 1 nitrogen and oxygen atoms in total. The van der Waals surface area contributed by atoms with Gasteiger partial charge in [0.1, 0.15) is 5.82 Å². The largest absolute Gasteiger partial charge is 0.398 e. The monoisotopic (exact) mass is 295 g/mol. The number of rotatable bonds is 2. The quantitative estimate of drug-likeness (QED) is 0.504. The third-order valence-corrected chi connectivity index (χ3v) is 2.99. The van der Waals surface area contributed by atoms with Crippen molar-refractivity contribution in [1.29, 1.82) is 0 Å². The Morgan fingerprint density at radius 3 is 2.38 bits per heavy atom. The molecule has 0 unspecified atom stereocenters. The molecule has 0 aliphatic rings. The van der Waals surface area contributed by atoms with E-state index < -0.39 is 17.7 Å². The normalized spacial score (nSPS) is 11.1. The van der Waals surface area contributed by atoms with Crippen LogP contribution in [0.3, 0.4) is 0 Å². The van der Waals surface area contributed by atoms with E-state index in [0.717, 1.165) is 12.1 Å². The molecule has 0 spiro atoms. The number of thioether (sulfide) groups is 1. The summed E-state index contributed by atoms with van der Waals surface area (Å²) in [6, 6.07) is 1.99. The fraction of sp³-hybridized carbons (Fsp3) is 0.250. The first-order chi connectivity index (χ1) is 6.79. The molecule has 1 aromatic carbocycles. The van der Waals surface area contributed by atoms with Crippen molar-refractivity contribution in [2.75, 3.05) is 11.5 Å². The summed E-state index contributed by atoms with van der Waals surface area (Å²) < 4.78 is 48.4. The first-order valence-corrected chi connectivity index (χ1v) is 5.10. The van der Waals surface area contributed by atoms with Crippen molar-refractivity contribution in [3.8, 4) is 0 Å². The summed E-state index contributed by atoms with van der Waals surface area (Å²) in [6.07, 6.45) is -4.29. The Kier molecular flexibility index (Phi) is 5.72. The Balaban J connectivity index is 0.00000225. The van der Waals surface area contributed by atoms with Crippen molar-refractivity contribution in [3.63, 3.8) is 0 Å². The maximum atomic E-state index is 12.8. The number of anilines is 1. The van der Waals surface area contributed by atoms with E-state index in [4.69, 9.17) is 17.3 Å². The summed E-state index contributed by atoms with van der Waals surface area (Å²) in [6.45, 7) is 0. The van der Waals surface area contributed by atoms with E-state index in [-0.39, 0.29) is 28.0 Å². The van der Waals surface area contributed by atoms with Crippen LogP contribution in [0.2, 0.25) is 5.02 Å². The van der Waals surface area contributed by atoms with Gasteiger partial charge in [-0.1, -0.05) is 11.6 Å². The molecule has 0 saturated carbocycles. The van der Waals surface area contributed by atoms with Crippen LogP contribution in [0.25, 0.3) is 0 Å². The summed E-state index contributed by atoms with van der Waals surface area (Å²) in [5.41, 5.74) is 4.98. The smallest absolute Gasteiger partial charge is 0.396 e. The number of benzene rings is 1. The van der Waals surface area contributed by atoms with Gasteiger partial charge in [0.2, 0.25) is 0 Å². The van der Waals surface area contributed by atoms with Gasteiger partial charge in [0, 0.05) is 4.90 Å². The van der Waals surface area contributed by atoms with Crippen molar-refractivity contribution in [3.05, 3.63) is 23.0 Å². The van der Waals surface area contributed by atoms with Crippen molar-refractivity contribution in [1.82, 2.24) is 0 Å². The summed E-state index contributed by atoms with van der Waals surface area (Å²) in [5, 5.41) is -0.0732. The lowest BCUT2D eigenvalue weighted by Crippen LogP contribution is -2.10. The van der Waals surface area contributed by atoms with Gasteiger partial charge in [0.05, 0.1) is 16.5 Å². The summed E-state index contributed by atoms with van der Waals surface area (Å²) in [7, 11) is 0. The minimum atomic E-state index is -4.29. The van der Waals surface area contributed by atoms with Crippen molar-refractivity contribution in [2.24, 2.45) is 0 Å². The molecule has 16 heavy (non-hydrogen) atoms. The molecule has 0 aromatic heterocycles. The fourth-order valence-electron chi connectivity index (χ4n) is 0.815. The second-order valence-electron chi connectivity index (χ2n) is 2.71. The molecule has 0 heterocycles. The molecule has 1 aromatic rings. The minimum Gasteiger partial charge on any atom is -0.396 e.